The third-order valence-corrected chi connectivity index (χ3v) is 22.3. The van der Waals surface area contributed by atoms with Crippen molar-refractivity contribution in [2.24, 2.45) is 0 Å². The molecule has 2 fully saturated rings. The Hall–Kier alpha value is -1.79. The Labute approximate surface area is 640 Å². The molecule has 12 unspecified atom stereocenters. The molecule has 2 saturated heterocycles. The Morgan fingerprint density at radius 3 is 0.942 bits per heavy atom. The monoisotopic (exact) mass is 1470 g/mol. The Kier molecular flexibility index (Phi) is 69.9. The largest absolute Gasteiger partial charge is 0.394 e. The topological polar surface area (TPSA) is 228 Å². The average Bonchev–Trinajstić information content (AvgIpc) is 0.791. The number of ether oxygens (including phenoxy) is 4. The molecule has 0 aromatic carbocycles. The minimum absolute atomic E-state index is 0.239. The Balaban J connectivity index is 1.56. The van der Waals surface area contributed by atoms with E-state index in [1.807, 2.05) is 6.08 Å². The SMILES string of the molecule is CCCCCCCCCC/C=C\CCCCCCCCCCCCCCCCCCCCCCCCCCCCCC(=O)NC(COC1OC(CO)C(OC2OC(CO)C(O)C(O)C2O)C(O)C1O)C(O)/C=C/CC/C=C/CCCCCCCCCCCCCCCCCCCCCCCCCCC. The van der Waals surface area contributed by atoms with Crippen molar-refractivity contribution < 1.29 is 64.6 Å². The van der Waals surface area contributed by atoms with Gasteiger partial charge in [-0.15, -0.1) is 0 Å². The molecule has 14 heteroatoms. The molecule has 0 aliphatic carbocycles. The van der Waals surface area contributed by atoms with Crippen LogP contribution in [0.3, 0.4) is 0 Å². The van der Waals surface area contributed by atoms with Gasteiger partial charge in [0.15, 0.2) is 12.6 Å². The number of rotatable bonds is 78. The van der Waals surface area contributed by atoms with Crippen molar-refractivity contribution in [2.45, 2.75) is 511 Å². The molecule has 0 aromatic heterocycles. The van der Waals surface area contributed by atoms with E-state index in [1.165, 1.54) is 372 Å². The van der Waals surface area contributed by atoms with Crippen LogP contribution in [0.25, 0.3) is 0 Å². The van der Waals surface area contributed by atoms with E-state index in [2.05, 4.69) is 43.5 Å². The molecule has 14 nitrogen and oxygen atoms in total. The molecule has 0 spiro atoms. The van der Waals surface area contributed by atoms with E-state index in [-0.39, 0.29) is 18.9 Å². The lowest BCUT2D eigenvalue weighted by molar-refractivity contribution is -0.359. The van der Waals surface area contributed by atoms with Crippen molar-refractivity contribution in [3.05, 3.63) is 36.5 Å². The Morgan fingerprint density at radius 2 is 0.615 bits per heavy atom. The lowest BCUT2D eigenvalue weighted by atomic mass is 9.97. The third-order valence-electron chi connectivity index (χ3n) is 22.3. The first-order valence-corrected chi connectivity index (χ1v) is 45.2. The second kappa shape index (κ2) is 74.0. The second-order valence-electron chi connectivity index (χ2n) is 32.1. The van der Waals surface area contributed by atoms with Crippen LogP contribution in [0.4, 0.5) is 0 Å². The number of allylic oxidation sites excluding steroid dienone is 5. The smallest absolute Gasteiger partial charge is 0.220 e. The van der Waals surface area contributed by atoms with E-state index >= 15 is 0 Å². The van der Waals surface area contributed by atoms with E-state index in [0.29, 0.717) is 12.8 Å². The van der Waals surface area contributed by atoms with Crippen molar-refractivity contribution in [1.29, 1.82) is 0 Å². The first kappa shape index (κ1) is 98.3. The summed E-state index contributed by atoms with van der Waals surface area (Å²) in [5.74, 6) is -0.239. The van der Waals surface area contributed by atoms with Crippen LogP contribution in [0, 0.1) is 0 Å². The summed E-state index contributed by atoms with van der Waals surface area (Å²) < 4.78 is 22.9. The van der Waals surface area contributed by atoms with Crippen molar-refractivity contribution in [3.8, 4) is 0 Å². The van der Waals surface area contributed by atoms with Crippen LogP contribution in [0.5, 0.6) is 0 Å². The van der Waals surface area contributed by atoms with Gasteiger partial charge in [0.25, 0.3) is 0 Å². The summed E-state index contributed by atoms with van der Waals surface area (Å²) in [6.45, 7) is 2.86. The van der Waals surface area contributed by atoms with Crippen molar-refractivity contribution in [1.82, 2.24) is 5.32 Å². The van der Waals surface area contributed by atoms with Crippen LogP contribution < -0.4 is 5.32 Å². The minimum atomic E-state index is -1.79. The van der Waals surface area contributed by atoms with Crippen LogP contribution in [-0.2, 0) is 23.7 Å². The summed E-state index contributed by atoms with van der Waals surface area (Å²) in [5, 5.41) is 87.8. The number of aliphatic hydroxyl groups is 8. The van der Waals surface area contributed by atoms with Crippen LogP contribution in [0.2, 0.25) is 0 Å². The fraction of sp³-hybridized carbons (Fsp3) is 0.922. The van der Waals surface area contributed by atoms with Gasteiger partial charge in [0.05, 0.1) is 32.0 Å². The fourth-order valence-electron chi connectivity index (χ4n) is 15.2. The minimum Gasteiger partial charge on any atom is -0.394 e. The summed E-state index contributed by atoms with van der Waals surface area (Å²) in [4.78, 5) is 13.4. The van der Waals surface area contributed by atoms with Crippen LogP contribution in [0.1, 0.15) is 438 Å². The molecular weight excluding hydrogens is 1300 g/mol. The molecule has 614 valence electrons. The van der Waals surface area contributed by atoms with Gasteiger partial charge in [0.1, 0.15) is 48.8 Å². The summed E-state index contributed by atoms with van der Waals surface area (Å²) >= 11 is 0. The fourth-order valence-corrected chi connectivity index (χ4v) is 15.2. The van der Waals surface area contributed by atoms with Gasteiger partial charge in [0, 0.05) is 6.42 Å². The van der Waals surface area contributed by atoms with E-state index in [9.17, 15) is 45.6 Å². The summed E-state index contributed by atoms with van der Waals surface area (Å²) in [6.07, 6.45) is 82.8. The molecule has 12 atom stereocenters. The number of hydrogen-bond acceptors (Lipinski definition) is 13. The summed E-state index contributed by atoms with van der Waals surface area (Å²) in [6, 6.07) is -0.932. The van der Waals surface area contributed by atoms with Crippen LogP contribution in [0.15, 0.2) is 36.5 Å². The lowest BCUT2D eigenvalue weighted by Crippen LogP contribution is -2.65. The normalized spacial score (nSPS) is 21.6. The summed E-state index contributed by atoms with van der Waals surface area (Å²) in [7, 11) is 0. The maximum atomic E-state index is 13.4. The number of unbranched alkanes of at least 4 members (excludes halogenated alkanes) is 61. The van der Waals surface area contributed by atoms with Gasteiger partial charge in [-0.25, -0.2) is 0 Å². The van der Waals surface area contributed by atoms with Crippen molar-refractivity contribution >= 4 is 5.91 Å². The average molecular weight is 1480 g/mol. The van der Waals surface area contributed by atoms with Gasteiger partial charge in [-0.1, -0.05) is 410 Å². The maximum Gasteiger partial charge on any atom is 0.220 e. The predicted molar refractivity (Wildman–Crippen MR) is 434 cm³/mol. The highest BCUT2D eigenvalue weighted by Gasteiger charge is 2.51. The number of carbonyl (C=O) groups is 1. The molecule has 104 heavy (non-hydrogen) atoms. The van der Waals surface area contributed by atoms with Gasteiger partial charge in [-0.05, 0) is 57.8 Å². The molecule has 0 saturated carbocycles. The van der Waals surface area contributed by atoms with E-state index < -0.39 is 86.8 Å². The third kappa shape index (κ3) is 55.6. The zero-order chi connectivity index (χ0) is 75.1. The summed E-state index contributed by atoms with van der Waals surface area (Å²) in [5.41, 5.74) is 0. The van der Waals surface area contributed by atoms with E-state index in [1.54, 1.807) is 6.08 Å². The molecular formula is C90H171NO13. The zero-order valence-corrected chi connectivity index (χ0v) is 67.8. The highest BCUT2D eigenvalue weighted by Crippen LogP contribution is 2.31. The molecule has 9 N–H and O–H groups in total. The van der Waals surface area contributed by atoms with Crippen LogP contribution >= 0.6 is 0 Å². The van der Waals surface area contributed by atoms with E-state index in [4.69, 9.17) is 18.9 Å². The number of aliphatic hydroxyl groups excluding tert-OH is 8. The number of amides is 1. The van der Waals surface area contributed by atoms with E-state index in [0.717, 1.165) is 32.1 Å². The zero-order valence-electron chi connectivity index (χ0n) is 67.8. The molecule has 2 rings (SSSR count). The van der Waals surface area contributed by atoms with Crippen molar-refractivity contribution in [2.75, 3.05) is 19.8 Å². The highest BCUT2D eigenvalue weighted by atomic mass is 16.7. The van der Waals surface area contributed by atoms with Crippen molar-refractivity contribution in [3.63, 3.8) is 0 Å². The first-order valence-electron chi connectivity index (χ1n) is 45.2. The second-order valence-corrected chi connectivity index (χ2v) is 32.1. The van der Waals surface area contributed by atoms with Gasteiger partial charge in [-0.2, -0.15) is 0 Å². The molecule has 2 aliphatic heterocycles. The number of hydrogen-bond donors (Lipinski definition) is 9. The first-order chi connectivity index (χ1) is 51.1. The number of nitrogens with one attached hydrogen (secondary N) is 1. The molecule has 1 amide bonds. The molecule has 2 heterocycles. The molecule has 0 bridgehead atoms. The van der Waals surface area contributed by atoms with Gasteiger partial charge in [0.2, 0.25) is 5.91 Å². The van der Waals surface area contributed by atoms with Gasteiger partial charge in [-0.3, -0.25) is 4.79 Å². The molecule has 2 aliphatic rings. The Bertz CT molecular complexity index is 1890. The quantitative estimate of drug-likeness (QED) is 0.0204. The maximum absolute atomic E-state index is 13.4. The van der Waals surface area contributed by atoms with Gasteiger partial charge < -0.3 is 65.1 Å². The molecule has 0 aromatic rings. The Morgan fingerprint density at radius 1 is 0.337 bits per heavy atom. The van der Waals surface area contributed by atoms with Gasteiger partial charge >= 0.3 is 0 Å². The standard InChI is InChI=1S/C90H171NO13/c1-3-5-7-9-11-13-15-17-19-21-23-25-27-29-31-33-35-36-37-38-39-40-41-42-44-46-48-50-52-54-56-58-60-62-64-66-68-70-72-74-82(95)91-78(77-101-89-87(100)85(98)88(81(76-93)103-89)104-90-86(99)84(97)83(96)80(75-92)102-90)79(94)73-71-69-67-65-63-61-59-57-55-53-51-49-47-45-43-34-32-30-28-26-24-22-20-18-16-14-12-10-8-6-4-2/h21,23,63,65,71,73,78-81,83-90,92-94,96-100H,3-20,22,24-62,64,66-70,72,74-77H2,1-2H3,(H,91,95)/b23-21-,65-63+,73-71+. The lowest BCUT2D eigenvalue weighted by Gasteiger charge is -2.46. The predicted octanol–water partition coefficient (Wildman–Crippen LogP) is 21.9. The number of carbonyl (C=O) groups excluding carboxylic acids is 1. The van der Waals surface area contributed by atoms with Crippen LogP contribution in [-0.4, -0.2) is 140 Å². The molecule has 0 radical (unpaired) electrons. The highest BCUT2D eigenvalue weighted by molar-refractivity contribution is 5.76.